The Labute approximate surface area is 142 Å². The zero-order valence-electron chi connectivity index (χ0n) is 13.5. The molecule has 0 atom stereocenters. The van der Waals surface area contributed by atoms with Crippen LogP contribution < -0.4 is 0 Å². The van der Waals surface area contributed by atoms with E-state index >= 15 is 0 Å². The van der Waals surface area contributed by atoms with Gasteiger partial charge in [0, 0.05) is 12.6 Å². The number of ketones is 1. The molecule has 0 amide bonds. The number of rotatable bonds is 5. The Morgan fingerprint density at radius 1 is 1.04 bits per heavy atom. The van der Waals surface area contributed by atoms with Crippen molar-refractivity contribution in [2.24, 2.45) is 0 Å². The Morgan fingerprint density at radius 2 is 1.79 bits per heavy atom. The molecule has 0 N–H and O–H groups in total. The van der Waals surface area contributed by atoms with E-state index in [0.717, 1.165) is 23.1 Å². The van der Waals surface area contributed by atoms with E-state index in [1.54, 1.807) is 36.5 Å². The molecule has 2 aromatic rings. The minimum Gasteiger partial charge on any atom is -0.295 e. The minimum atomic E-state index is -3.41. The van der Waals surface area contributed by atoms with Crippen molar-refractivity contribution in [3.05, 3.63) is 71.1 Å². The largest absolute Gasteiger partial charge is 0.295 e. The lowest BCUT2D eigenvalue weighted by atomic mass is 10.0. The first-order chi connectivity index (χ1) is 11.5. The number of sulfone groups is 1. The normalized spacial score (nSPS) is 15.1. The van der Waals surface area contributed by atoms with Crippen molar-refractivity contribution in [2.75, 3.05) is 0 Å². The van der Waals surface area contributed by atoms with Crippen LogP contribution >= 0.6 is 0 Å². The van der Waals surface area contributed by atoms with Gasteiger partial charge in [-0.05, 0) is 55.2 Å². The van der Waals surface area contributed by atoms with E-state index in [2.05, 4.69) is 4.98 Å². The van der Waals surface area contributed by atoms with Gasteiger partial charge in [0.05, 0.1) is 16.3 Å². The van der Waals surface area contributed by atoms with Crippen LogP contribution in [0.4, 0.5) is 0 Å². The summed E-state index contributed by atoms with van der Waals surface area (Å²) in [5, 5.41) is 0. The van der Waals surface area contributed by atoms with E-state index in [1.165, 1.54) is 0 Å². The zero-order valence-corrected chi connectivity index (χ0v) is 14.3. The third kappa shape index (κ3) is 3.62. The van der Waals surface area contributed by atoms with Crippen molar-refractivity contribution in [1.82, 2.24) is 4.98 Å². The standard InChI is InChI=1S/C19H19NO3S/c1-14-16(7-10-19(14)21)12-15-5-8-18(9-6-15)24(22,23)13-17-4-2-3-11-20-17/h2-6,8-9,11H,7,10,12-13H2,1H3. The van der Waals surface area contributed by atoms with Crippen LogP contribution in [-0.2, 0) is 26.8 Å². The van der Waals surface area contributed by atoms with Gasteiger partial charge < -0.3 is 0 Å². The molecular weight excluding hydrogens is 322 g/mol. The average Bonchev–Trinajstić information content (AvgIpc) is 2.88. The third-order valence-electron chi connectivity index (χ3n) is 4.37. The highest BCUT2D eigenvalue weighted by molar-refractivity contribution is 7.90. The summed E-state index contributed by atoms with van der Waals surface area (Å²) in [4.78, 5) is 16.0. The van der Waals surface area contributed by atoms with Gasteiger partial charge in [-0.2, -0.15) is 0 Å². The first-order valence-corrected chi connectivity index (χ1v) is 9.54. The summed E-state index contributed by atoms with van der Waals surface area (Å²) in [6, 6.07) is 12.2. The average molecular weight is 341 g/mol. The van der Waals surface area contributed by atoms with Crippen LogP contribution in [0.3, 0.4) is 0 Å². The second-order valence-corrected chi connectivity index (χ2v) is 8.04. The Morgan fingerprint density at radius 3 is 2.38 bits per heavy atom. The predicted octanol–water partition coefficient (Wildman–Crippen LogP) is 3.28. The summed E-state index contributed by atoms with van der Waals surface area (Å²) in [5.74, 6) is 0.117. The van der Waals surface area contributed by atoms with Gasteiger partial charge in [0.1, 0.15) is 0 Å². The maximum absolute atomic E-state index is 12.5. The summed E-state index contributed by atoms with van der Waals surface area (Å²) >= 11 is 0. The molecule has 0 radical (unpaired) electrons. The predicted molar refractivity (Wildman–Crippen MR) is 92.2 cm³/mol. The second-order valence-electron chi connectivity index (χ2n) is 6.05. The highest BCUT2D eigenvalue weighted by Gasteiger charge is 2.20. The van der Waals surface area contributed by atoms with Crippen LogP contribution in [0.5, 0.6) is 0 Å². The smallest absolute Gasteiger partial charge is 0.184 e. The Balaban J connectivity index is 1.76. The Hall–Kier alpha value is -2.27. The van der Waals surface area contributed by atoms with E-state index < -0.39 is 9.84 Å². The van der Waals surface area contributed by atoms with Crippen LogP contribution in [0, 0.1) is 0 Å². The molecule has 1 aliphatic carbocycles. The molecule has 124 valence electrons. The number of Topliss-reactive ketones (excluding diaryl/α,β-unsaturated/α-hetero) is 1. The van der Waals surface area contributed by atoms with Crippen LogP contribution in [0.25, 0.3) is 0 Å². The fourth-order valence-electron chi connectivity index (χ4n) is 2.88. The molecule has 1 heterocycles. The maximum Gasteiger partial charge on any atom is 0.184 e. The van der Waals surface area contributed by atoms with E-state index in [9.17, 15) is 13.2 Å². The van der Waals surface area contributed by atoms with E-state index in [-0.39, 0.29) is 11.5 Å². The van der Waals surface area contributed by atoms with E-state index in [4.69, 9.17) is 0 Å². The van der Waals surface area contributed by atoms with Crippen molar-refractivity contribution < 1.29 is 13.2 Å². The summed E-state index contributed by atoms with van der Waals surface area (Å²) < 4.78 is 24.9. The van der Waals surface area contributed by atoms with Crippen molar-refractivity contribution >= 4 is 15.6 Å². The van der Waals surface area contributed by atoms with Gasteiger partial charge in [0.2, 0.25) is 0 Å². The van der Waals surface area contributed by atoms with Gasteiger partial charge in [-0.15, -0.1) is 0 Å². The molecule has 4 nitrogen and oxygen atoms in total. The van der Waals surface area contributed by atoms with Crippen LogP contribution in [-0.4, -0.2) is 19.2 Å². The number of benzene rings is 1. The van der Waals surface area contributed by atoms with Crippen LogP contribution in [0.15, 0.2) is 64.7 Å². The first kappa shape index (κ1) is 16.6. The van der Waals surface area contributed by atoms with Gasteiger partial charge in [-0.1, -0.05) is 23.8 Å². The monoisotopic (exact) mass is 341 g/mol. The molecule has 0 fully saturated rings. The lowest BCUT2D eigenvalue weighted by Gasteiger charge is -2.07. The van der Waals surface area contributed by atoms with Gasteiger partial charge in [-0.25, -0.2) is 8.42 Å². The van der Waals surface area contributed by atoms with E-state index in [0.29, 0.717) is 23.4 Å². The van der Waals surface area contributed by atoms with E-state index in [1.807, 2.05) is 19.1 Å². The minimum absolute atomic E-state index is 0.105. The molecule has 1 aliphatic rings. The zero-order chi connectivity index (χ0) is 17.2. The van der Waals surface area contributed by atoms with Crippen LogP contribution in [0.1, 0.15) is 31.0 Å². The van der Waals surface area contributed by atoms with Gasteiger partial charge in [0.25, 0.3) is 0 Å². The van der Waals surface area contributed by atoms with Crippen molar-refractivity contribution in [2.45, 2.75) is 36.8 Å². The number of allylic oxidation sites excluding steroid dienone is 2. The molecule has 0 aliphatic heterocycles. The molecule has 24 heavy (non-hydrogen) atoms. The Kier molecular flexibility index (Phi) is 4.62. The fraction of sp³-hybridized carbons (Fsp3) is 0.263. The molecule has 3 rings (SSSR count). The molecule has 1 aromatic carbocycles. The first-order valence-electron chi connectivity index (χ1n) is 7.89. The van der Waals surface area contributed by atoms with Crippen molar-refractivity contribution in [1.29, 1.82) is 0 Å². The van der Waals surface area contributed by atoms with Gasteiger partial charge in [-0.3, -0.25) is 9.78 Å². The molecule has 0 spiro atoms. The number of hydrogen-bond donors (Lipinski definition) is 0. The van der Waals surface area contributed by atoms with Crippen molar-refractivity contribution in [3.63, 3.8) is 0 Å². The highest BCUT2D eigenvalue weighted by Crippen LogP contribution is 2.26. The second kappa shape index (κ2) is 6.69. The molecular formula is C19H19NO3S. The topological polar surface area (TPSA) is 64.1 Å². The fourth-order valence-corrected chi connectivity index (χ4v) is 4.16. The molecule has 0 saturated carbocycles. The van der Waals surface area contributed by atoms with Crippen molar-refractivity contribution in [3.8, 4) is 0 Å². The summed E-state index contributed by atoms with van der Waals surface area (Å²) in [5.41, 5.74) is 3.58. The number of pyridine rings is 1. The lowest BCUT2D eigenvalue weighted by Crippen LogP contribution is -2.06. The lowest BCUT2D eigenvalue weighted by molar-refractivity contribution is -0.114. The SMILES string of the molecule is CC1=C(Cc2ccc(S(=O)(=O)Cc3ccccn3)cc2)CCC1=O. The molecule has 0 saturated heterocycles. The maximum atomic E-state index is 12.5. The van der Waals surface area contributed by atoms with Gasteiger partial charge in [0.15, 0.2) is 15.6 Å². The third-order valence-corrected chi connectivity index (χ3v) is 6.03. The Bertz CT molecular complexity index is 882. The molecule has 0 unspecified atom stereocenters. The quantitative estimate of drug-likeness (QED) is 0.837. The molecule has 0 bridgehead atoms. The number of hydrogen-bond acceptors (Lipinski definition) is 4. The molecule has 1 aromatic heterocycles. The number of aromatic nitrogens is 1. The highest BCUT2D eigenvalue weighted by atomic mass is 32.2. The number of carbonyl (C=O) groups is 1. The van der Waals surface area contributed by atoms with Gasteiger partial charge >= 0.3 is 0 Å². The van der Waals surface area contributed by atoms with Crippen LogP contribution in [0.2, 0.25) is 0 Å². The number of carbonyl (C=O) groups excluding carboxylic acids is 1. The summed E-state index contributed by atoms with van der Waals surface area (Å²) in [7, 11) is -3.41. The summed E-state index contributed by atoms with van der Waals surface area (Å²) in [6.07, 6.45) is 3.70. The summed E-state index contributed by atoms with van der Waals surface area (Å²) in [6.45, 7) is 1.87. The number of nitrogens with zero attached hydrogens (tertiary/aromatic N) is 1. The molecule has 5 heteroatoms.